The summed E-state index contributed by atoms with van der Waals surface area (Å²) >= 11 is 0. The van der Waals surface area contributed by atoms with Gasteiger partial charge in [-0.2, -0.15) is 0 Å². The van der Waals surface area contributed by atoms with Gasteiger partial charge in [-0.05, 0) is 42.5 Å². The molecule has 2 nitrogen and oxygen atoms in total. The second-order valence-corrected chi connectivity index (χ2v) is 5.35. The third-order valence-corrected chi connectivity index (χ3v) is 4.22. The van der Waals surface area contributed by atoms with Gasteiger partial charge in [0.1, 0.15) is 5.75 Å². The lowest BCUT2D eigenvalue weighted by Gasteiger charge is -2.33. The van der Waals surface area contributed by atoms with Gasteiger partial charge in [-0.1, -0.05) is 36.8 Å². The summed E-state index contributed by atoms with van der Waals surface area (Å²) in [5, 5.41) is 2.49. The van der Waals surface area contributed by atoms with Crippen LogP contribution < -0.4 is 10.5 Å². The molecule has 1 aliphatic carbocycles. The monoisotopic (exact) mass is 255 g/mol. The lowest BCUT2D eigenvalue weighted by Crippen LogP contribution is -2.27. The first-order valence-corrected chi connectivity index (χ1v) is 7.21. The first-order chi connectivity index (χ1) is 9.31. The Hall–Kier alpha value is -1.54. The molecule has 100 valence electrons. The average molecular weight is 255 g/mol. The SMILES string of the molecule is CCOc1ccc2ccccc2c1[C@H](N)C1CCC1. The standard InChI is InChI=1S/C17H21NO/c1-2-19-15-11-10-12-6-3-4-9-14(12)16(15)17(18)13-7-5-8-13/h3-4,6,9-11,13,17H,2,5,7-8,18H2,1H3/t17-/m1/s1. The van der Waals surface area contributed by atoms with Crippen LogP contribution in [0, 0.1) is 5.92 Å². The number of nitrogens with two attached hydrogens (primary N) is 1. The van der Waals surface area contributed by atoms with Gasteiger partial charge in [0.25, 0.3) is 0 Å². The van der Waals surface area contributed by atoms with Gasteiger partial charge in [0, 0.05) is 11.6 Å². The fraction of sp³-hybridized carbons (Fsp3) is 0.412. The number of hydrogen-bond donors (Lipinski definition) is 1. The van der Waals surface area contributed by atoms with E-state index < -0.39 is 0 Å². The maximum atomic E-state index is 6.52. The predicted molar refractivity (Wildman–Crippen MR) is 79.4 cm³/mol. The average Bonchev–Trinajstić information content (AvgIpc) is 2.36. The molecule has 2 heteroatoms. The maximum Gasteiger partial charge on any atom is 0.124 e. The summed E-state index contributed by atoms with van der Waals surface area (Å²) in [5.41, 5.74) is 7.72. The number of fused-ring (bicyclic) bond motifs is 1. The van der Waals surface area contributed by atoms with E-state index in [1.54, 1.807) is 0 Å². The summed E-state index contributed by atoms with van der Waals surface area (Å²) in [6.07, 6.45) is 3.80. The molecule has 0 aliphatic heterocycles. The van der Waals surface area contributed by atoms with E-state index in [1.807, 2.05) is 6.92 Å². The fourth-order valence-electron chi connectivity index (χ4n) is 2.94. The zero-order valence-electron chi connectivity index (χ0n) is 11.4. The van der Waals surface area contributed by atoms with Crippen molar-refractivity contribution in [3.05, 3.63) is 42.0 Å². The molecule has 1 atom stereocenters. The normalized spacial score (nSPS) is 17.2. The van der Waals surface area contributed by atoms with Crippen molar-refractivity contribution >= 4 is 10.8 Å². The fourth-order valence-corrected chi connectivity index (χ4v) is 2.94. The van der Waals surface area contributed by atoms with Crippen LogP contribution in [0.4, 0.5) is 0 Å². The lowest BCUT2D eigenvalue weighted by atomic mass is 9.76. The van der Waals surface area contributed by atoms with Gasteiger partial charge in [0.15, 0.2) is 0 Å². The van der Waals surface area contributed by atoms with E-state index in [0.717, 1.165) is 5.75 Å². The van der Waals surface area contributed by atoms with Crippen molar-refractivity contribution in [3.63, 3.8) is 0 Å². The lowest BCUT2D eigenvalue weighted by molar-refractivity contribution is 0.257. The molecule has 0 aromatic heterocycles. The Morgan fingerprint density at radius 2 is 2.00 bits per heavy atom. The van der Waals surface area contributed by atoms with E-state index in [0.29, 0.717) is 12.5 Å². The van der Waals surface area contributed by atoms with Crippen LogP contribution in [-0.4, -0.2) is 6.61 Å². The Balaban J connectivity index is 2.13. The topological polar surface area (TPSA) is 35.2 Å². The smallest absolute Gasteiger partial charge is 0.124 e. The number of rotatable bonds is 4. The van der Waals surface area contributed by atoms with Gasteiger partial charge in [0.2, 0.25) is 0 Å². The van der Waals surface area contributed by atoms with Crippen molar-refractivity contribution < 1.29 is 4.74 Å². The van der Waals surface area contributed by atoms with E-state index in [1.165, 1.54) is 35.6 Å². The molecule has 2 N–H and O–H groups in total. The van der Waals surface area contributed by atoms with Crippen LogP contribution in [0.3, 0.4) is 0 Å². The maximum absolute atomic E-state index is 6.52. The molecule has 0 unspecified atom stereocenters. The highest BCUT2D eigenvalue weighted by atomic mass is 16.5. The molecule has 2 aromatic rings. The van der Waals surface area contributed by atoms with Crippen molar-refractivity contribution in [1.29, 1.82) is 0 Å². The van der Waals surface area contributed by atoms with Gasteiger partial charge < -0.3 is 10.5 Å². The van der Waals surface area contributed by atoms with Crippen LogP contribution in [0.25, 0.3) is 10.8 Å². The Morgan fingerprint density at radius 1 is 1.21 bits per heavy atom. The molecule has 1 saturated carbocycles. The molecule has 0 bridgehead atoms. The quantitative estimate of drug-likeness (QED) is 0.895. The van der Waals surface area contributed by atoms with E-state index in [4.69, 9.17) is 10.5 Å². The predicted octanol–water partition coefficient (Wildman–Crippen LogP) is 4.04. The third kappa shape index (κ3) is 2.21. The van der Waals surface area contributed by atoms with Crippen molar-refractivity contribution in [2.75, 3.05) is 6.61 Å². The molecule has 0 saturated heterocycles. The summed E-state index contributed by atoms with van der Waals surface area (Å²) in [4.78, 5) is 0. The Labute approximate surface area is 114 Å². The molecule has 0 spiro atoms. The van der Waals surface area contributed by atoms with E-state index >= 15 is 0 Å². The van der Waals surface area contributed by atoms with Crippen LogP contribution in [0.1, 0.15) is 37.8 Å². The molecule has 2 aromatic carbocycles. The van der Waals surface area contributed by atoms with Crippen LogP contribution >= 0.6 is 0 Å². The first-order valence-electron chi connectivity index (χ1n) is 7.21. The molecule has 0 radical (unpaired) electrons. The second-order valence-electron chi connectivity index (χ2n) is 5.35. The first kappa shape index (κ1) is 12.5. The zero-order valence-corrected chi connectivity index (χ0v) is 11.4. The van der Waals surface area contributed by atoms with E-state index in [2.05, 4.69) is 36.4 Å². The largest absolute Gasteiger partial charge is 0.494 e. The summed E-state index contributed by atoms with van der Waals surface area (Å²) < 4.78 is 5.80. The van der Waals surface area contributed by atoms with Crippen molar-refractivity contribution in [2.24, 2.45) is 11.7 Å². The molecular weight excluding hydrogens is 234 g/mol. The molecule has 19 heavy (non-hydrogen) atoms. The third-order valence-electron chi connectivity index (χ3n) is 4.22. The minimum absolute atomic E-state index is 0.0985. The van der Waals surface area contributed by atoms with Crippen molar-refractivity contribution in [2.45, 2.75) is 32.2 Å². The highest BCUT2D eigenvalue weighted by Crippen LogP contribution is 2.42. The summed E-state index contributed by atoms with van der Waals surface area (Å²) in [7, 11) is 0. The van der Waals surface area contributed by atoms with Crippen LogP contribution in [-0.2, 0) is 0 Å². The summed E-state index contributed by atoms with van der Waals surface area (Å²) in [6, 6.07) is 12.7. The van der Waals surface area contributed by atoms with Gasteiger partial charge in [-0.3, -0.25) is 0 Å². The van der Waals surface area contributed by atoms with E-state index in [9.17, 15) is 0 Å². The van der Waals surface area contributed by atoms with Crippen LogP contribution in [0.2, 0.25) is 0 Å². The van der Waals surface area contributed by atoms with E-state index in [-0.39, 0.29) is 6.04 Å². The molecule has 1 fully saturated rings. The Morgan fingerprint density at radius 3 is 2.68 bits per heavy atom. The summed E-state index contributed by atoms with van der Waals surface area (Å²) in [5.74, 6) is 1.57. The molecule has 0 heterocycles. The van der Waals surface area contributed by atoms with Gasteiger partial charge in [0.05, 0.1) is 6.61 Å². The van der Waals surface area contributed by atoms with Gasteiger partial charge in [-0.25, -0.2) is 0 Å². The Kier molecular flexibility index (Phi) is 3.43. The minimum atomic E-state index is 0.0985. The van der Waals surface area contributed by atoms with Crippen LogP contribution in [0.15, 0.2) is 36.4 Å². The number of benzene rings is 2. The van der Waals surface area contributed by atoms with Crippen molar-refractivity contribution in [1.82, 2.24) is 0 Å². The van der Waals surface area contributed by atoms with Crippen LogP contribution in [0.5, 0.6) is 5.75 Å². The number of ether oxygens (including phenoxy) is 1. The summed E-state index contributed by atoms with van der Waals surface area (Å²) in [6.45, 7) is 2.70. The zero-order chi connectivity index (χ0) is 13.2. The van der Waals surface area contributed by atoms with Gasteiger partial charge >= 0.3 is 0 Å². The number of hydrogen-bond acceptors (Lipinski definition) is 2. The second kappa shape index (κ2) is 5.22. The molecule has 0 amide bonds. The van der Waals surface area contributed by atoms with Gasteiger partial charge in [-0.15, -0.1) is 0 Å². The highest BCUT2D eigenvalue weighted by Gasteiger charge is 2.28. The highest BCUT2D eigenvalue weighted by molar-refractivity contribution is 5.88. The minimum Gasteiger partial charge on any atom is -0.494 e. The molecule has 1 aliphatic rings. The molecule has 3 rings (SSSR count). The molecular formula is C17H21NO. The van der Waals surface area contributed by atoms with Crippen molar-refractivity contribution in [3.8, 4) is 5.75 Å². The Bertz CT molecular complexity index is 574.